The zero-order valence-corrected chi connectivity index (χ0v) is 18.4. The van der Waals surface area contributed by atoms with Gasteiger partial charge in [-0.15, -0.1) is 24.0 Å². The molecule has 26 heavy (non-hydrogen) atoms. The number of para-hydroxylation sites is 1. The largest absolute Gasteiger partial charge is 0.347 e. The second-order valence-electron chi connectivity index (χ2n) is 7.56. The van der Waals surface area contributed by atoms with Crippen molar-refractivity contribution in [2.75, 3.05) is 38.1 Å². The summed E-state index contributed by atoms with van der Waals surface area (Å²) in [4.78, 5) is 21.2. The first kappa shape index (κ1) is 21.0. The molecule has 0 radical (unpaired) electrons. The highest BCUT2D eigenvalue weighted by Crippen LogP contribution is 2.27. The first-order valence-corrected chi connectivity index (χ1v) is 9.42. The van der Waals surface area contributed by atoms with Gasteiger partial charge in [-0.2, -0.15) is 0 Å². The lowest BCUT2D eigenvalue weighted by Crippen LogP contribution is -2.45. The predicted molar refractivity (Wildman–Crippen MR) is 118 cm³/mol. The number of carbonyl (C=O) groups is 1. The molecule has 0 bridgehead atoms. The van der Waals surface area contributed by atoms with Crippen LogP contribution in [0.2, 0.25) is 0 Å². The van der Waals surface area contributed by atoms with E-state index in [2.05, 4.69) is 35.1 Å². The fourth-order valence-corrected chi connectivity index (χ4v) is 4.06. The van der Waals surface area contributed by atoms with Crippen LogP contribution in [-0.4, -0.2) is 50.0 Å². The van der Waals surface area contributed by atoms with Crippen molar-refractivity contribution >= 4 is 41.5 Å². The summed E-state index contributed by atoms with van der Waals surface area (Å²) in [5.74, 6) is 2.44. The molecular weight excluding hydrogens is 439 g/mol. The van der Waals surface area contributed by atoms with Crippen molar-refractivity contribution in [2.45, 2.75) is 33.1 Å². The number of rotatable bonds is 4. The molecule has 1 unspecified atom stereocenters. The Balaban J connectivity index is 0.00000243. The standard InChI is InChI=1S/C20H30N4O.HI/c1-15(2)12-16-8-10-23(14-16)20(21-3)22-13-19(25)24-11-9-17-6-4-5-7-18(17)24;/h4-7,15-16H,8-14H2,1-3H3,(H,21,22);1H. The van der Waals surface area contributed by atoms with Crippen LogP contribution < -0.4 is 10.2 Å². The van der Waals surface area contributed by atoms with E-state index in [1.54, 1.807) is 7.05 Å². The topological polar surface area (TPSA) is 47.9 Å². The molecule has 0 aromatic heterocycles. The minimum absolute atomic E-state index is 0. The second kappa shape index (κ2) is 9.58. The minimum Gasteiger partial charge on any atom is -0.347 e. The molecule has 1 amide bonds. The number of likely N-dealkylation sites (tertiary alicyclic amines) is 1. The van der Waals surface area contributed by atoms with Crippen LogP contribution in [0.3, 0.4) is 0 Å². The van der Waals surface area contributed by atoms with Gasteiger partial charge in [-0.3, -0.25) is 9.79 Å². The smallest absolute Gasteiger partial charge is 0.246 e. The van der Waals surface area contributed by atoms with Crippen molar-refractivity contribution in [2.24, 2.45) is 16.8 Å². The van der Waals surface area contributed by atoms with E-state index in [-0.39, 0.29) is 29.9 Å². The molecule has 1 N–H and O–H groups in total. The normalized spacial score (nSPS) is 19.5. The van der Waals surface area contributed by atoms with Crippen molar-refractivity contribution in [3.05, 3.63) is 29.8 Å². The second-order valence-corrected chi connectivity index (χ2v) is 7.56. The van der Waals surface area contributed by atoms with Crippen LogP contribution in [0.15, 0.2) is 29.3 Å². The molecule has 5 nitrogen and oxygen atoms in total. The maximum atomic E-state index is 12.6. The lowest BCUT2D eigenvalue weighted by molar-refractivity contribution is -0.117. The number of guanidine groups is 1. The van der Waals surface area contributed by atoms with E-state index >= 15 is 0 Å². The van der Waals surface area contributed by atoms with Crippen molar-refractivity contribution in [1.29, 1.82) is 0 Å². The molecule has 144 valence electrons. The molecule has 0 aliphatic carbocycles. The highest BCUT2D eigenvalue weighted by atomic mass is 127. The maximum absolute atomic E-state index is 12.6. The summed E-state index contributed by atoms with van der Waals surface area (Å²) in [6.07, 6.45) is 3.42. The molecule has 1 fully saturated rings. The van der Waals surface area contributed by atoms with Crippen molar-refractivity contribution in [3.8, 4) is 0 Å². The number of carbonyl (C=O) groups excluding carboxylic acids is 1. The molecule has 0 spiro atoms. The number of fused-ring (bicyclic) bond motifs is 1. The van der Waals surface area contributed by atoms with Crippen LogP contribution in [0.25, 0.3) is 0 Å². The summed E-state index contributed by atoms with van der Waals surface area (Å²) in [5, 5.41) is 3.28. The Morgan fingerprint density at radius 1 is 1.31 bits per heavy atom. The third kappa shape index (κ3) is 4.90. The average Bonchev–Trinajstić information content (AvgIpc) is 3.22. The van der Waals surface area contributed by atoms with Gasteiger partial charge in [0.15, 0.2) is 5.96 Å². The number of hydrogen-bond donors (Lipinski definition) is 1. The average molecular weight is 470 g/mol. The summed E-state index contributed by atoms with van der Waals surface area (Å²) in [7, 11) is 1.80. The number of anilines is 1. The molecule has 1 saturated heterocycles. The van der Waals surface area contributed by atoms with Gasteiger partial charge in [-0.1, -0.05) is 32.0 Å². The van der Waals surface area contributed by atoms with Crippen LogP contribution in [0.5, 0.6) is 0 Å². The molecule has 2 heterocycles. The summed E-state index contributed by atoms with van der Waals surface area (Å²) in [5.41, 5.74) is 2.32. The van der Waals surface area contributed by atoms with Crippen molar-refractivity contribution in [3.63, 3.8) is 0 Å². The fraction of sp³-hybridized carbons (Fsp3) is 0.600. The number of hydrogen-bond acceptors (Lipinski definition) is 2. The molecule has 2 aliphatic heterocycles. The van der Waals surface area contributed by atoms with Crippen molar-refractivity contribution in [1.82, 2.24) is 10.2 Å². The lowest BCUT2D eigenvalue weighted by atomic mass is 9.97. The lowest BCUT2D eigenvalue weighted by Gasteiger charge is -2.23. The monoisotopic (exact) mass is 470 g/mol. The molecule has 1 aromatic rings. The van der Waals surface area contributed by atoms with Gasteiger partial charge in [0.05, 0.1) is 6.54 Å². The summed E-state index contributed by atoms with van der Waals surface area (Å²) >= 11 is 0. The van der Waals surface area contributed by atoms with E-state index in [1.165, 1.54) is 18.4 Å². The minimum atomic E-state index is 0. The molecule has 0 saturated carbocycles. The molecule has 3 rings (SSSR count). The first-order chi connectivity index (χ1) is 12.1. The summed E-state index contributed by atoms with van der Waals surface area (Å²) in [6, 6.07) is 8.17. The van der Waals surface area contributed by atoms with Gasteiger partial charge in [0, 0.05) is 32.4 Å². The van der Waals surface area contributed by atoms with Crippen molar-refractivity contribution < 1.29 is 4.79 Å². The van der Waals surface area contributed by atoms with Crippen LogP contribution in [0.4, 0.5) is 5.69 Å². The van der Waals surface area contributed by atoms with Gasteiger partial charge in [-0.05, 0) is 42.7 Å². The summed E-state index contributed by atoms with van der Waals surface area (Å²) in [6.45, 7) is 7.70. The number of nitrogens with one attached hydrogen (secondary N) is 1. The predicted octanol–water partition coefficient (Wildman–Crippen LogP) is 3.14. The first-order valence-electron chi connectivity index (χ1n) is 9.42. The Hall–Kier alpha value is -1.31. The van der Waals surface area contributed by atoms with E-state index in [0.717, 1.165) is 49.5 Å². The van der Waals surface area contributed by atoms with Crippen LogP contribution in [-0.2, 0) is 11.2 Å². The number of nitrogens with zero attached hydrogens (tertiary/aromatic N) is 3. The van der Waals surface area contributed by atoms with Gasteiger partial charge < -0.3 is 15.1 Å². The third-order valence-corrected chi connectivity index (χ3v) is 5.19. The van der Waals surface area contributed by atoms with Gasteiger partial charge in [0.2, 0.25) is 5.91 Å². The number of halogens is 1. The highest BCUT2D eigenvalue weighted by molar-refractivity contribution is 14.0. The Morgan fingerprint density at radius 3 is 2.81 bits per heavy atom. The van der Waals surface area contributed by atoms with Gasteiger partial charge in [-0.25, -0.2) is 0 Å². The maximum Gasteiger partial charge on any atom is 0.246 e. The zero-order valence-electron chi connectivity index (χ0n) is 16.1. The number of benzene rings is 1. The molecule has 2 aliphatic rings. The van der Waals surface area contributed by atoms with Gasteiger partial charge in [0.1, 0.15) is 0 Å². The highest BCUT2D eigenvalue weighted by Gasteiger charge is 2.27. The van der Waals surface area contributed by atoms with Crippen LogP contribution in [0, 0.1) is 11.8 Å². The van der Waals surface area contributed by atoms with E-state index < -0.39 is 0 Å². The SMILES string of the molecule is CN=C(NCC(=O)N1CCc2ccccc21)N1CCC(CC(C)C)C1.I. The Bertz CT molecular complexity index is 646. The molecular formula is C20H31IN4O. The Labute approximate surface area is 174 Å². The quantitative estimate of drug-likeness (QED) is 0.418. The molecule has 1 aromatic carbocycles. The van der Waals surface area contributed by atoms with Gasteiger partial charge >= 0.3 is 0 Å². The van der Waals surface area contributed by atoms with E-state index in [0.29, 0.717) is 6.54 Å². The van der Waals surface area contributed by atoms with E-state index in [9.17, 15) is 4.79 Å². The number of amides is 1. The zero-order chi connectivity index (χ0) is 17.8. The Kier molecular flexibility index (Phi) is 7.73. The van der Waals surface area contributed by atoms with Crippen LogP contribution in [0.1, 0.15) is 32.3 Å². The fourth-order valence-electron chi connectivity index (χ4n) is 4.06. The number of aliphatic imine (C=N–C) groups is 1. The van der Waals surface area contributed by atoms with Gasteiger partial charge in [0.25, 0.3) is 0 Å². The van der Waals surface area contributed by atoms with E-state index in [1.807, 2.05) is 23.1 Å². The van der Waals surface area contributed by atoms with E-state index in [4.69, 9.17) is 0 Å². The summed E-state index contributed by atoms with van der Waals surface area (Å²) < 4.78 is 0. The molecule has 1 atom stereocenters. The van der Waals surface area contributed by atoms with Crippen LogP contribution >= 0.6 is 24.0 Å². The molecule has 6 heteroatoms. The Morgan fingerprint density at radius 2 is 2.08 bits per heavy atom. The third-order valence-electron chi connectivity index (χ3n) is 5.19.